The summed E-state index contributed by atoms with van der Waals surface area (Å²) in [5.74, 6) is -1.06. The van der Waals surface area contributed by atoms with Crippen LogP contribution in [0.15, 0.2) is 83.8 Å². The number of nitrogens with zero attached hydrogens (tertiary/aromatic N) is 2. The van der Waals surface area contributed by atoms with Crippen LogP contribution in [0.5, 0.6) is 0 Å². The molecule has 0 spiro atoms. The van der Waals surface area contributed by atoms with Crippen molar-refractivity contribution in [3.8, 4) is 0 Å². The van der Waals surface area contributed by atoms with E-state index in [0.29, 0.717) is 24.2 Å². The molecular formula is C30H36FN3O4S. The second-order valence-electron chi connectivity index (χ2n) is 9.54. The zero-order valence-corrected chi connectivity index (χ0v) is 23.6. The molecule has 7 nitrogen and oxygen atoms in total. The summed E-state index contributed by atoms with van der Waals surface area (Å²) in [6, 6.07) is 19.8. The molecule has 0 saturated carbocycles. The van der Waals surface area contributed by atoms with Gasteiger partial charge >= 0.3 is 0 Å². The van der Waals surface area contributed by atoms with Crippen molar-refractivity contribution in [2.75, 3.05) is 17.4 Å². The Bertz CT molecular complexity index is 1350. The van der Waals surface area contributed by atoms with E-state index in [1.165, 1.54) is 29.2 Å². The maximum absolute atomic E-state index is 13.9. The molecule has 0 aliphatic carbocycles. The number of nitrogens with one attached hydrogen (secondary N) is 1. The van der Waals surface area contributed by atoms with Crippen LogP contribution in [0.3, 0.4) is 0 Å². The molecule has 9 heteroatoms. The lowest BCUT2D eigenvalue weighted by molar-refractivity contribution is -0.140. The van der Waals surface area contributed by atoms with E-state index < -0.39 is 34.3 Å². The van der Waals surface area contributed by atoms with Crippen molar-refractivity contribution in [3.05, 3.63) is 95.8 Å². The maximum atomic E-state index is 13.9. The first kappa shape index (κ1) is 29.8. The van der Waals surface area contributed by atoms with Gasteiger partial charge in [-0.25, -0.2) is 12.8 Å². The second kappa shape index (κ2) is 13.4. The Morgan fingerprint density at radius 2 is 1.51 bits per heavy atom. The van der Waals surface area contributed by atoms with Gasteiger partial charge in [0, 0.05) is 13.1 Å². The van der Waals surface area contributed by atoms with Crippen LogP contribution >= 0.6 is 0 Å². The fourth-order valence-electron chi connectivity index (χ4n) is 4.27. The SMILES string of the molecule is CCNC(=O)[C@H](CC)N(Cc1ccc(F)cc1)C(=O)CN(c1ccc(C(C)C)cc1)S(=O)(=O)c1ccccc1. The molecule has 3 aromatic carbocycles. The highest BCUT2D eigenvalue weighted by Gasteiger charge is 2.33. The molecule has 0 radical (unpaired) electrons. The second-order valence-corrected chi connectivity index (χ2v) is 11.4. The molecule has 1 atom stereocenters. The maximum Gasteiger partial charge on any atom is 0.264 e. The average Bonchev–Trinajstić information content (AvgIpc) is 2.93. The first-order chi connectivity index (χ1) is 18.6. The molecule has 0 bridgehead atoms. The van der Waals surface area contributed by atoms with Crippen LogP contribution in [0.2, 0.25) is 0 Å². The smallest absolute Gasteiger partial charge is 0.264 e. The summed E-state index contributed by atoms with van der Waals surface area (Å²) < 4.78 is 42.3. The van der Waals surface area contributed by atoms with Gasteiger partial charge in [0.05, 0.1) is 10.6 Å². The normalized spacial score (nSPS) is 12.2. The largest absolute Gasteiger partial charge is 0.355 e. The van der Waals surface area contributed by atoms with E-state index in [-0.39, 0.29) is 23.3 Å². The van der Waals surface area contributed by atoms with Gasteiger partial charge in [0.25, 0.3) is 10.0 Å². The predicted octanol–water partition coefficient (Wildman–Crippen LogP) is 5.09. The van der Waals surface area contributed by atoms with Crippen molar-refractivity contribution in [2.45, 2.75) is 57.5 Å². The molecule has 0 fully saturated rings. The van der Waals surface area contributed by atoms with Crippen molar-refractivity contribution >= 4 is 27.5 Å². The van der Waals surface area contributed by atoms with Crippen LogP contribution in [0.25, 0.3) is 0 Å². The molecule has 3 aromatic rings. The minimum absolute atomic E-state index is 0.0142. The van der Waals surface area contributed by atoms with Crippen LogP contribution in [0.1, 0.15) is 51.2 Å². The third-order valence-corrected chi connectivity index (χ3v) is 8.25. The summed E-state index contributed by atoms with van der Waals surface area (Å²) in [5.41, 5.74) is 1.98. The molecule has 39 heavy (non-hydrogen) atoms. The molecule has 0 unspecified atom stereocenters. The Morgan fingerprint density at radius 3 is 2.05 bits per heavy atom. The van der Waals surface area contributed by atoms with E-state index in [1.807, 2.05) is 26.0 Å². The highest BCUT2D eigenvalue weighted by atomic mass is 32.2. The molecule has 0 heterocycles. The number of rotatable bonds is 12. The van der Waals surface area contributed by atoms with E-state index in [2.05, 4.69) is 5.32 Å². The summed E-state index contributed by atoms with van der Waals surface area (Å²) in [6.45, 7) is 7.52. The molecule has 0 aliphatic heterocycles. The lowest BCUT2D eigenvalue weighted by atomic mass is 10.0. The van der Waals surface area contributed by atoms with Gasteiger partial charge in [-0.1, -0.05) is 63.2 Å². The Balaban J connectivity index is 2.05. The Kier molecular flexibility index (Phi) is 10.2. The number of carbonyl (C=O) groups is 2. The van der Waals surface area contributed by atoms with Crippen LogP contribution in [-0.2, 0) is 26.2 Å². The molecule has 1 N–H and O–H groups in total. The van der Waals surface area contributed by atoms with E-state index in [9.17, 15) is 22.4 Å². The minimum Gasteiger partial charge on any atom is -0.355 e. The first-order valence-electron chi connectivity index (χ1n) is 13.1. The molecule has 0 aliphatic rings. The van der Waals surface area contributed by atoms with Gasteiger partial charge in [0.2, 0.25) is 11.8 Å². The molecular weight excluding hydrogens is 517 g/mol. The summed E-state index contributed by atoms with van der Waals surface area (Å²) in [7, 11) is -4.12. The number of carbonyl (C=O) groups excluding carboxylic acids is 2. The van der Waals surface area contributed by atoms with Gasteiger partial charge in [-0.2, -0.15) is 0 Å². The van der Waals surface area contributed by atoms with Crippen LogP contribution in [0, 0.1) is 5.82 Å². The number of anilines is 1. The first-order valence-corrected chi connectivity index (χ1v) is 14.5. The summed E-state index contributed by atoms with van der Waals surface area (Å²) in [6.07, 6.45) is 0.313. The summed E-state index contributed by atoms with van der Waals surface area (Å²) in [4.78, 5) is 28.3. The quantitative estimate of drug-likeness (QED) is 0.339. The van der Waals surface area contributed by atoms with Crippen LogP contribution in [0.4, 0.5) is 10.1 Å². The third kappa shape index (κ3) is 7.44. The zero-order valence-electron chi connectivity index (χ0n) is 22.8. The van der Waals surface area contributed by atoms with Crippen molar-refractivity contribution in [1.29, 1.82) is 0 Å². The number of amides is 2. The number of hydrogen-bond donors (Lipinski definition) is 1. The Labute approximate surface area is 230 Å². The van der Waals surface area contributed by atoms with Crippen molar-refractivity contribution < 1.29 is 22.4 Å². The Morgan fingerprint density at radius 1 is 0.897 bits per heavy atom. The molecule has 3 rings (SSSR count). The van der Waals surface area contributed by atoms with E-state index in [0.717, 1.165) is 9.87 Å². The van der Waals surface area contributed by atoms with Gasteiger partial charge in [-0.05, 0) is 66.8 Å². The van der Waals surface area contributed by atoms with E-state index >= 15 is 0 Å². The molecule has 2 amide bonds. The number of sulfonamides is 1. The average molecular weight is 554 g/mol. The molecule has 0 saturated heterocycles. The van der Waals surface area contributed by atoms with Gasteiger partial charge < -0.3 is 10.2 Å². The Hall–Kier alpha value is -3.72. The van der Waals surface area contributed by atoms with Gasteiger partial charge in [-0.3, -0.25) is 13.9 Å². The monoisotopic (exact) mass is 553 g/mol. The van der Waals surface area contributed by atoms with E-state index in [4.69, 9.17) is 0 Å². The summed E-state index contributed by atoms with van der Waals surface area (Å²) in [5, 5.41) is 2.76. The summed E-state index contributed by atoms with van der Waals surface area (Å²) >= 11 is 0. The van der Waals surface area contributed by atoms with Gasteiger partial charge in [-0.15, -0.1) is 0 Å². The number of benzene rings is 3. The van der Waals surface area contributed by atoms with Gasteiger partial charge in [0.15, 0.2) is 0 Å². The number of likely N-dealkylation sites (N-methyl/N-ethyl adjacent to an activating group) is 1. The third-order valence-electron chi connectivity index (χ3n) is 6.46. The highest BCUT2D eigenvalue weighted by molar-refractivity contribution is 7.92. The van der Waals surface area contributed by atoms with Crippen LogP contribution < -0.4 is 9.62 Å². The van der Waals surface area contributed by atoms with Crippen molar-refractivity contribution in [1.82, 2.24) is 10.2 Å². The lowest BCUT2D eigenvalue weighted by Gasteiger charge is -2.33. The zero-order chi connectivity index (χ0) is 28.6. The van der Waals surface area contributed by atoms with Crippen molar-refractivity contribution in [3.63, 3.8) is 0 Å². The van der Waals surface area contributed by atoms with Crippen LogP contribution in [-0.4, -0.2) is 44.3 Å². The molecule has 0 aromatic heterocycles. The van der Waals surface area contributed by atoms with E-state index in [1.54, 1.807) is 56.3 Å². The fourth-order valence-corrected chi connectivity index (χ4v) is 5.71. The minimum atomic E-state index is -4.12. The highest BCUT2D eigenvalue weighted by Crippen LogP contribution is 2.27. The lowest BCUT2D eigenvalue weighted by Crippen LogP contribution is -2.52. The number of hydrogen-bond acceptors (Lipinski definition) is 4. The van der Waals surface area contributed by atoms with Crippen molar-refractivity contribution in [2.24, 2.45) is 0 Å². The number of halogens is 1. The standard InChI is InChI=1S/C30H36FN3O4S/c1-5-28(30(36)32-6-2)33(20-23-12-16-25(31)17-13-23)29(35)21-34(26-18-14-24(15-19-26)22(3)4)39(37,38)27-10-8-7-9-11-27/h7-19,22,28H,5-6,20-21H2,1-4H3,(H,32,36)/t28-/m0/s1. The fraction of sp³-hybridized carbons (Fsp3) is 0.333. The van der Waals surface area contributed by atoms with Gasteiger partial charge in [0.1, 0.15) is 18.4 Å². The molecule has 208 valence electrons. The predicted molar refractivity (Wildman–Crippen MR) is 151 cm³/mol. The topological polar surface area (TPSA) is 86.8 Å².